The largest absolute Gasteiger partial charge is 0.156 e. The van der Waals surface area contributed by atoms with E-state index in [1.807, 2.05) is 36.5 Å². The van der Waals surface area contributed by atoms with E-state index in [4.69, 9.17) is 11.6 Å². The van der Waals surface area contributed by atoms with Gasteiger partial charge in [-0.2, -0.15) is 9.90 Å². The molecule has 1 aromatic carbocycles. The summed E-state index contributed by atoms with van der Waals surface area (Å²) in [5.41, 5.74) is 3.17. The lowest BCUT2D eigenvalue weighted by Crippen LogP contribution is -2.10. The number of hydrogen-bond donors (Lipinski definition) is 0. The van der Waals surface area contributed by atoms with Crippen LogP contribution in [0.5, 0.6) is 0 Å². The fraction of sp³-hybridized carbons (Fsp3) is 0.412. The number of hydrogen-bond acceptors (Lipinski definition) is 2. The van der Waals surface area contributed by atoms with Crippen molar-refractivity contribution in [1.29, 1.82) is 0 Å². The maximum absolute atomic E-state index is 6.15. The Bertz CT molecular complexity index is 598. The monoisotopic (exact) mass is 301 g/mol. The minimum Gasteiger partial charge on any atom is -0.156 e. The topological polar surface area (TPSA) is 30.7 Å². The summed E-state index contributed by atoms with van der Waals surface area (Å²) in [6.07, 6.45) is 10.4. The molecule has 1 aliphatic rings. The second-order valence-corrected chi connectivity index (χ2v) is 5.85. The van der Waals surface area contributed by atoms with Crippen LogP contribution in [0.25, 0.3) is 11.8 Å². The number of allylic oxidation sites excluding steroid dienone is 1. The third-order valence-electron chi connectivity index (χ3n) is 4.11. The lowest BCUT2D eigenvalue weighted by Gasteiger charge is -2.23. The van der Waals surface area contributed by atoms with E-state index in [1.54, 1.807) is 4.80 Å². The molecule has 4 heteroatoms. The molecule has 2 aromatic rings. The van der Waals surface area contributed by atoms with Crippen molar-refractivity contribution in [2.75, 3.05) is 5.88 Å². The lowest BCUT2D eigenvalue weighted by atomic mass is 9.84. The van der Waals surface area contributed by atoms with E-state index in [2.05, 4.69) is 16.3 Å². The van der Waals surface area contributed by atoms with Crippen LogP contribution in [0.2, 0.25) is 0 Å². The van der Waals surface area contributed by atoms with Gasteiger partial charge in [0.05, 0.1) is 11.9 Å². The molecule has 21 heavy (non-hydrogen) atoms. The fourth-order valence-corrected chi connectivity index (χ4v) is 3.25. The number of alkyl halides is 1. The first-order chi connectivity index (χ1) is 10.4. The Morgan fingerprint density at radius 3 is 2.67 bits per heavy atom. The van der Waals surface area contributed by atoms with Crippen LogP contribution in [0, 0.1) is 5.92 Å². The maximum atomic E-state index is 6.15. The summed E-state index contributed by atoms with van der Waals surface area (Å²) >= 11 is 6.15. The van der Waals surface area contributed by atoms with E-state index in [0.29, 0.717) is 11.8 Å². The molecular weight excluding hydrogens is 282 g/mol. The molecule has 1 aliphatic carbocycles. The molecule has 0 saturated heterocycles. The van der Waals surface area contributed by atoms with Crippen molar-refractivity contribution in [3.63, 3.8) is 0 Å². The average Bonchev–Trinajstić information content (AvgIpc) is 3.03. The van der Waals surface area contributed by atoms with Gasteiger partial charge in [0.15, 0.2) is 0 Å². The summed E-state index contributed by atoms with van der Waals surface area (Å²) in [4.78, 5) is 1.67. The molecule has 3 nitrogen and oxygen atoms in total. The zero-order valence-electron chi connectivity index (χ0n) is 12.1. The van der Waals surface area contributed by atoms with Gasteiger partial charge in [-0.1, -0.05) is 43.0 Å². The Labute approximate surface area is 130 Å². The van der Waals surface area contributed by atoms with Crippen LogP contribution in [0.15, 0.2) is 42.1 Å². The van der Waals surface area contributed by atoms with E-state index >= 15 is 0 Å². The van der Waals surface area contributed by atoms with Crippen molar-refractivity contribution < 1.29 is 0 Å². The van der Waals surface area contributed by atoms with Gasteiger partial charge in [0.1, 0.15) is 5.69 Å². The predicted molar refractivity (Wildman–Crippen MR) is 86.6 cm³/mol. The van der Waals surface area contributed by atoms with Crippen molar-refractivity contribution in [3.05, 3.63) is 47.8 Å². The second kappa shape index (κ2) is 6.90. The summed E-state index contributed by atoms with van der Waals surface area (Å²) in [6, 6.07) is 9.96. The maximum Gasteiger partial charge on any atom is 0.106 e. The molecule has 0 spiro atoms. The Morgan fingerprint density at radius 2 is 1.95 bits per heavy atom. The number of aromatic nitrogens is 3. The minimum atomic E-state index is 0.586. The fourth-order valence-electron chi connectivity index (χ4n) is 2.96. The Morgan fingerprint density at radius 1 is 1.19 bits per heavy atom. The molecule has 0 amide bonds. The SMILES string of the molecule is ClC/C(=C/c1cnn(-c2ccccc2)n1)C1CCCCC1. The summed E-state index contributed by atoms with van der Waals surface area (Å²) in [5, 5.41) is 8.87. The van der Waals surface area contributed by atoms with Crippen LogP contribution < -0.4 is 0 Å². The molecule has 1 saturated carbocycles. The molecule has 0 radical (unpaired) electrons. The van der Waals surface area contributed by atoms with Gasteiger partial charge in [-0.15, -0.1) is 16.7 Å². The number of para-hydroxylation sites is 1. The van der Waals surface area contributed by atoms with Crippen LogP contribution in [0.1, 0.15) is 37.8 Å². The first-order valence-corrected chi connectivity index (χ1v) is 8.14. The zero-order valence-corrected chi connectivity index (χ0v) is 12.8. The van der Waals surface area contributed by atoms with Crippen molar-refractivity contribution in [1.82, 2.24) is 15.0 Å². The van der Waals surface area contributed by atoms with Crippen LogP contribution in [-0.4, -0.2) is 20.9 Å². The van der Waals surface area contributed by atoms with Gasteiger partial charge in [-0.25, -0.2) is 0 Å². The highest BCUT2D eigenvalue weighted by atomic mass is 35.5. The number of benzene rings is 1. The van der Waals surface area contributed by atoms with Crippen molar-refractivity contribution in [3.8, 4) is 5.69 Å². The van der Waals surface area contributed by atoms with Gasteiger partial charge >= 0.3 is 0 Å². The van der Waals surface area contributed by atoms with Gasteiger partial charge in [0.25, 0.3) is 0 Å². The molecule has 1 aromatic heterocycles. The third-order valence-corrected chi connectivity index (χ3v) is 4.42. The van der Waals surface area contributed by atoms with Crippen molar-refractivity contribution in [2.45, 2.75) is 32.1 Å². The molecular formula is C17H20ClN3. The quantitative estimate of drug-likeness (QED) is 0.780. The van der Waals surface area contributed by atoms with Crippen LogP contribution in [-0.2, 0) is 0 Å². The lowest BCUT2D eigenvalue weighted by molar-refractivity contribution is 0.405. The van der Waals surface area contributed by atoms with E-state index in [-0.39, 0.29) is 0 Å². The van der Waals surface area contributed by atoms with Gasteiger partial charge in [0, 0.05) is 5.88 Å². The molecule has 0 unspecified atom stereocenters. The molecule has 0 atom stereocenters. The van der Waals surface area contributed by atoms with E-state index in [0.717, 1.165) is 11.4 Å². The summed E-state index contributed by atoms with van der Waals surface area (Å²) in [5.74, 6) is 1.21. The van der Waals surface area contributed by atoms with E-state index in [1.165, 1.54) is 37.7 Å². The summed E-state index contributed by atoms with van der Waals surface area (Å²) in [6.45, 7) is 0. The number of nitrogens with zero attached hydrogens (tertiary/aromatic N) is 3. The molecule has 1 heterocycles. The smallest absolute Gasteiger partial charge is 0.106 e. The average molecular weight is 302 g/mol. The predicted octanol–water partition coefficient (Wildman–Crippen LogP) is 4.47. The van der Waals surface area contributed by atoms with Gasteiger partial charge < -0.3 is 0 Å². The minimum absolute atomic E-state index is 0.586. The highest BCUT2D eigenvalue weighted by molar-refractivity contribution is 6.19. The first-order valence-electron chi connectivity index (χ1n) is 7.61. The van der Waals surface area contributed by atoms with Crippen LogP contribution in [0.3, 0.4) is 0 Å². The van der Waals surface area contributed by atoms with E-state index in [9.17, 15) is 0 Å². The Hall–Kier alpha value is -1.61. The standard InChI is InChI=1S/C17H20ClN3/c18-12-15(14-7-3-1-4-8-14)11-16-13-19-21(20-16)17-9-5-2-6-10-17/h2,5-6,9-11,13-14H,1,3-4,7-8,12H2/b15-11-. The highest BCUT2D eigenvalue weighted by Gasteiger charge is 2.17. The number of rotatable bonds is 4. The van der Waals surface area contributed by atoms with Gasteiger partial charge in [0.2, 0.25) is 0 Å². The van der Waals surface area contributed by atoms with Crippen molar-refractivity contribution in [2.24, 2.45) is 5.92 Å². The molecule has 110 valence electrons. The zero-order chi connectivity index (χ0) is 14.5. The normalized spacial score (nSPS) is 17.1. The molecule has 0 N–H and O–H groups in total. The van der Waals surface area contributed by atoms with Crippen LogP contribution >= 0.6 is 11.6 Å². The van der Waals surface area contributed by atoms with Crippen LogP contribution in [0.4, 0.5) is 0 Å². The molecule has 0 bridgehead atoms. The van der Waals surface area contributed by atoms with Gasteiger partial charge in [-0.3, -0.25) is 0 Å². The van der Waals surface area contributed by atoms with E-state index < -0.39 is 0 Å². The van der Waals surface area contributed by atoms with Crippen molar-refractivity contribution >= 4 is 17.7 Å². The third kappa shape index (κ3) is 3.53. The van der Waals surface area contributed by atoms with Gasteiger partial charge in [-0.05, 0) is 37.0 Å². The molecule has 1 fully saturated rings. The number of halogens is 1. The molecule has 0 aliphatic heterocycles. The molecule has 3 rings (SSSR count). The Kier molecular flexibility index (Phi) is 4.71. The summed E-state index contributed by atoms with van der Waals surface area (Å²) in [7, 11) is 0. The highest BCUT2D eigenvalue weighted by Crippen LogP contribution is 2.31. The summed E-state index contributed by atoms with van der Waals surface area (Å²) < 4.78 is 0. The first kappa shape index (κ1) is 14.3. The Balaban J connectivity index is 1.80. The second-order valence-electron chi connectivity index (χ2n) is 5.58.